The number of amides is 1. The highest BCUT2D eigenvalue weighted by molar-refractivity contribution is 5.79. The van der Waals surface area contributed by atoms with Crippen molar-refractivity contribution in [3.63, 3.8) is 0 Å². The van der Waals surface area contributed by atoms with E-state index in [4.69, 9.17) is 0 Å². The first-order valence-corrected chi connectivity index (χ1v) is 8.86. The van der Waals surface area contributed by atoms with Gasteiger partial charge in [0.05, 0.1) is 11.7 Å². The number of hydrogen-bond donors (Lipinski definition) is 2. The molecule has 0 saturated heterocycles. The number of nitrogens with one attached hydrogen (secondary N) is 2. The molecule has 1 saturated carbocycles. The standard InChI is InChI=1S/C19H24N4O2/c1-12(2)17(23-19(25)13-6-3-4-7-13)15-10-16(24)22-18(21-15)14-8-5-9-20-11-14/h5,8-13,17H,3-4,6-7H2,1-2H3,(H,23,25)(H,21,22,24)/t17-/m0/s1. The monoisotopic (exact) mass is 340 g/mol. The van der Waals surface area contributed by atoms with Gasteiger partial charge in [-0.2, -0.15) is 0 Å². The van der Waals surface area contributed by atoms with E-state index < -0.39 is 0 Å². The van der Waals surface area contributed by atoms with Crippen molar-refractivity contribution in [3.05, 3.63) is 46.6 Å². The van der Waals surface area contributed by atoms with Crippen molar-refractivity contribution in [2.45, 2.75) is 45.6 Å². The van der Waals surface area contributed by atoms with E-state index in [1.165, 1.54) is 6.07 Å². The number of pyridine rings is 1. The van der Waals surface area contributed by atoms with Crippen LogP contribution in [-0.4, -0.2) is 20.9 Å². The summed E-state index contributed by atoms with van der Waals surface area (Å²) in [5.41, 5.74) is 1.10. The molecule has 6 heteroatoms. The van der Waals surface area contributed by atoms with Crippen LogP contribution < -0.4 is 10.9 Å². The summed E-state index contributed by atoms with van der Waals surface area (Å²) in [5, 5.41) is 3.11. The van der Waals surface area contributed by atoms with Crippen molar-refractivity contribution in [1.29, 1.82) is 0 Å². The van der Waals surface area contributed by atoms with E-state index in [2.05, 4.69) is 20.3 Å². The molecule has 0 aromatic carbocycles. The molecule has 1 amide bonds. The molecule has 2 N–H and O–H groups in total. The van der Waals surface area contributed by atoms with Crippen LogP contribution in [-0.2, 0) is 4.79 Å². The second kappa shape index (κ2) is 7.59. The first kappa shape index (κ1) is 17.3. The van der Waals surface area contributed by atoms with Crippen LogP contribution in [0.5, 0.6) is 0 Å². The maximum absolute atomic E-state index is 12.5. The number of hydrogen-bond acceptors (Lipinski definition) is 4. The van der Waals surface area contributed by atoms with Crippen molar-refractivity contribution in [1.82, 2.24) is 20.3 Å². The summed E-state index contributed by atoms with van der Waals surface area (Å²) >= 11 is 0. The Labute approximate surface area is 147 Å². The minimum atomic E-state index is -0.286. The van der Waals surface area contributed by atoms with E-state index in [1.807, 2.05) is 19.9 Å². The Bertz CT molecular complexity index is 780. The van der Waals surface area contributed by atoms with Gasteiger partial charge in [-0.15, -0.1) is 0 Å². The smallest absolute Gasteiger partial charge is 0.251 e. The number of H-pyrrole nitrogens is 1. The summed E-state index contributed by atoms with van der Waals surface area (Å²) in [4.78, 5) is 36.1. The van der Waals surface area contributed by atoms with Gasteiger partial charge in [0.2, 0.25) is 5.91 Å². The summed E-state index contributed by atoms with van der Waals surface area (Å²) in [7, 11) is 0. The fraction of sp³-hybridized carbons (Fsp3) is 0.474. The van der Waals surface area contributed by atoms with Gasteiger partial charge in [-0.25, -0.2) is 4.98 Å². The zero-order valence-electron chi connectivity index (χ0n) is 14.7. The van der Waals surface area contributed by atoms with Gasteiger partial charge in [-0.1, -0.05) is 26.7 Å². The fourth-order valence-corrected chi connectivity index (χ4v) is 3.32. The topological polar surface area (TPSA) is 87.7 Å². The second-order valence-corrected chi connectivity index (χ2v) is 6.97. The quantitative estimate of drug-likeness (QED) is 0.876. The van der Waals surface area contributed by atoms with E-state index in [-0.39, 0.29) is 29.3 Å². The lowest BCUT2D eigenvalue weighted by Crippen LogP contribution is -2.36. The molecule has 3 rings (SSSR count). The van der Waals surface area contributed by atoms with Gasteiger partial charge in [0.25, 0.3) is 5.56 Å². The zero-order chi connectivity index (χ0) is 17.8. The third-order valence-electron chi connectivity index (χ3n) is 4.71. The zero-order valence-corrected chi connectivity index (χ0v) is 14.7. The Morgan fingerprint density at radius 1 is 1.32 bits per heavy atom. The number of carbonyl (C=O) groups is 1. The summed E-state index contributed by atoms with van der Waals surface area (Å²) in [6, 6.07) is 4.82. The van der Waals surface area contributed by atoms with Crippen molar-refractivity contribution < 1.29 is 4.79 Å². The Hall–Kier alpha value is -2.50. The molecule has 1 atom stereocenters. The van der Waals surface area contributed by atoms with Crippen LogP contribution >= 0.6 is 0 Å². The van der Waals surface area contributed by atoms with Crippen molar-refractivity contribution in [3.8, 4) is 11.4 Å². The molecule has 0 radical (unpaired) electrons. The number of aromatic amines is 1. The van der Waals surface area contributed by atoms with Crippen LogP contribution in [0.15, 0.2) is 35.4 Å². The summed E-state index contributed by atoms with van der Waals surface area (Å²) in [6.45, 7) is 4.04. The second-order valence-electron chi connectivity index (χ2n) is 6.97. The third-order valence-corrected chi connectivity index (χ3v) is 4.71. The first-order valence-electron chi connectivity index (χ1n) is 8.86. The largest absolute Gasteiger partial charge is 0.347 e. The minimum absolute atomic E-state index is 0.0706. The van der Waals surface area contributed by atoms with E-state index in [0.717, 1.165) is 31.2 Å². The predicted molar refractivity (Wildman–Crippen MR) is 95.8 cm³/mol. The molecule has 2 aromatic rings. The molecule has 132 valence electrons. The predicted octanol–water partition coefficient (Wildman–Crippen LogP) is 2.84. The molecule has 2 heterocycles. The number of carbonyl (C=O) groups excluding carboxylic acids is 1. The summed E-state index contributed by atoms with van der Waals surface area (Å²) in [6.07, 6.45) is 7.44. The SMILES string of the molecule is CC(C)[C@H](NC(=O)C1CCCC1)c1cc(=O)[nH]c(-c2cccnc2)n1. The first-order chi connectivity index (χ1) is 12.0. The molecule has 0 aliphatic heterocycles. The molecular weight excluding hydrogens is 316 g/mol. The van der Waals surface area contributed by atoms with E-state index in [1.54, 1.807) is 18.5 Å². The Morgan fingerprint density at radius 2 is 2.08 bits per heavy atom. The van der Waals surface area contributed by atoms with Gasteiger partial charge < -0.3 is 10.3 Å². The van der Waals surface area contributed by atoms with Crippen LogP contribution in [0.4, 0.5) is 0 Å². The molecule has 0 spiro atoms. The summed E-state index contributed by atoms with van der Waals surface area (Å²) in [5.74, 6) is 0.750. The maximum Gasteiger partial charge on any atom is 0.251 e. The normalized spacial score (nSPS) is 16.1. The van der Waals surface area contributed by atoms with E-state index >= 15 is 0 Å². The Morgan fingerprint density at radius 3 is 2.72 bits per heavy atom. The van der Waals surface area contributed by atoms with Crippen LogP contribution in [0.1, 0.15) is 51.3 Å². The highest BCUT2D eigenvalue weighted by atomic mass is 16.2. The van der Waals surface area contributed by atoms with Crippen molar-refractivity contribution in [2.75, 3.05) is 0 Å². The Balaban J connectivity index is 1.89. The molecule has 0 unspecified atom stereocenters. The number of rotatable bonds is 5. The van der Waals surface area contributed by atoms with Crippen LogP contribution in [0, 0.1) is 11.8 Å². The average Bonchev–Trinajstić information content (AvgIpc) is 3.14. The summed E-state index contributed by atoms with van der Waals surface area (Å²) < 4.78 is 0. The van der Waals surface area contributed by atoms with Gasteiger partial charge in [0.15, 0.2) is 0 Å². The van der Waals surface area contributed by atoms with Gasteiger partial charge in [-0.05, 0) is 30.9 Å². The van der Waals surface area contributed by atoms with Crippen LogP contribution in [0.2, 0.25) is 0 Å². The Kier molecular flexibility index (Phi) is 5.26. The van der Waals surface area contributed by atoms with Gasteiger partial charge in [0.1, 0.15) is 5.82 Å². The van der Waals surface area contributed by atoms with Crippen molar-refractivity contribution in [2.24, 2.45) is 11.8 Å². The van der Waals surface area contributed by atoms with Gasteiger partial charge in [-0.3, -0.25) is 14.6 Å². The highest BCUT2D eigenvalue weighted by Crippen LogP contribution is 2.27. The molecule has 6 nitrogen and oxygen atoms in total. The highest BCUT2D eigenvalue weighted by Gasteiger charge is 2.27. The number of nitrogens with zero attached hydrogens (tertiary/aromatic N) is 2. The van der Waals surface area contributed by atoms with Gasteiger partial charge >= 0.3 is 0 Å². The van der Waals surface area contributed by atoms with Crippen molar-refractivity contribution >= 4 is 5.91 Å². The maximum atomic E-state index is 12.5. The lowest BCUT2D eigenvalue weighted by molar-refractivity contribution is -0.125. The third kappa shape index (κ3) is 4.13. The molecule has 1 aliphatic rings. The molecule has 25 heavy (non-hydrogen) atoms. The van der Waals surface area contributed by atoms with Gasteiger partial charge in [0, 0.05) is 29.9 Å². The number of aromatic nitrogens is 3. The fourth-order valence-electron chi connectivity index (χ4n) is 3.32. The van der Waals surface area contributed by atoms with E-state index in [9.17, 15) is 9.59 Å². The van der Waals surface area contributed by atoms with Crippen LogP contribution in [0.25, 0.3) is 11.4 Å². The minimum Gasteiger partial charge on any atom is -0.347 e. The lowest BCUT2D eigenvalue weighted by atomic mass is 9.98. The van der Waals surface area contributed by atoms with E-state index in [0.29, 0.717) is 11.5 Å². The molecule has 1 fully saturated rings. The average molecular weight is 340 g/mol. The van der Waals surface area contributed by atoms with Crippen LogP contribution in [0.3, 0.4) is 0 Å². The molecule has 1 aliphatic carbocycles. The molecular formula is C19H24N4O2. The lowest BCUT2D eigenvalue weighted by Gasteiger charge is -2.24. The molecule has 2 aromatic heterocycles. The molecule has 0 bridgehead atoms.